The van der Waals surface area contributed by atoms with Gasteiger partial charge in [0.2, 0.25) is 17.7 Å². The van der Waals surface area contributed by atoms with E-state index in [4.69, 9.17) is 16.2 Å². The Labute approximate surface area is 278 Å². The van der Waals surface area contributed by atoms with Gasteiger partial charge in [-0.2, -0.15) is 0 Å². The minimum absolute atomic E-state index is 0.0250. The van der Waals surface area contributed by atoms with E-state index in [2.05, 4.69) is 26.3 Å². The zero-order valence-corrected chi connectivity index (χ0v) is 27.8. The monoisotopic (exact) mass is 657 g/mol. The average Bonchev–Trinajstić information content (AvgIpc) is 3.06. The number of carbonyl (C=O) groups is 4. The van der Waals surface area contributed by atoms with Gasteiger partial charge in [0.25, 0.3) is 0 Å². The Morgan fingerprint density at radius 3 is 2.23 bits per heavy atom. The number of hydrogen-bond donors (Lipinski definition) is 7. The number of hydrogen-bond acceptors (Lipinski definition) is 7. The lowest BCUT2D eigenvalue weighted by Crippen LogP contribution is -2.55. The van der Waals surface area contributed by atoms with Crippen molar-refractivity contribution in [3.05, 3.63) is 35.9 Å². The molecule has 1 aromatic rings. The van der Waals surface area contributed by atoms with Gasteiger partial charge in [0.05, 0.1) is 18.6 Å². The first-order valence-electron chi connectivity index (χ1n) is 17.2. The number of carbonyl (C=O) groups excluding carboxylic acids is 4. The number of aliphatic hydroxyl groups is 1. The number of benzene rings is 1. The van der Waals surface area contributed by atoms with Crippen molar-refractivity contribution in [2.24, 2.45) is 22.4 Å². The number of guanidine groups is 1. The highest BCUT2D eigenvalue weighted by Gasteiger charge is 2.31. The van der Waals surface area contributed by atoms with Gasteiger partial charge in [0, 0.05) is 12.6 Å². The van der Waals surface area contributed by atoms with Crippen LogP contribution in [0.15, 0.2) is 35.3 Å². The van der Waals surface area contributed by atoms with Crippen molar-refractivity contribution in [2.75, 3.05) is 6.54 Å². The number of ether oxygens (including phenoxy) is 1. The molecule has 0 aromatic heterocycles. The Balaban J connectivity index is 1.59. The van der Waals surface area contributed by atoms with Crippen LogP contribution in [-0.2, 0) is 25.7 Å². The number of nitrogens with zero attached hydrogens (tertiary/aromatic N) is 1. The summed E-state index contributed by atoms with van der Waals surface area (Å²) in [6.07, 6.45) is 9.76. The number of aliphatic imine (C=N–C) groups is 1. The van der Waals surface area contributed by atoms with Gasteiger partial charge in [-0.15, -0.1) is 0 Å². The van der Waals surface area contributed by atoms with Crippen molar-refractivity contribution in [2.45, 2.75) is 134 Å². The van der Waals surface area contributed by atoms with Crippen LogP contribution in [0.2, 0.25) is 0 Å². The maximum Gasteiger partial charge on any atom is 0.408 e. The normalized spacial score (nSPS) is 18.1. The molecule has 0 saturated heterocycles. The summed E-state index contributed by atoms with van der Waals surface area (Å²) < 4.78 is 5.30. The standard InChI is InChI=1S/C34H55N7O6/c1-23(38-32(45)27(18-11-19-37-33(35)36)41-34(46)47-22-25-14-7-3-8-15-25)31(44)40-28(20-24-12-5-2-6-13-24)29(42)21-30(43)39-26-16-9-4-10-17-26/h3,7-8,14-15,23-24,26-29,42H,2,4-6,9-13,16-22H2,1H3,(H,38,45)(H,39,43)(H,40,44)(H,41,46)(H4,35,36,37)/t23-,27-,28-,29-/m0/s1. The van der Waals surface area contributed by atoms with E-state index in [1.165, 1.54) is 19.8 Å². The minimum Gasteiger partial charge on any atom is -0.445 e. The molecule has 0 unspecified atom stereocenters. The number of aliphatic hydroxyl groups excluding tert-OH is 1. The summed E-state index contributed by atoms with van der Waals surface area (Å²) in [7, 11) is 0. The predicted octanol–water partition coefficient (Wildman–Crippen LogP) is 2.49. The van der Waals surface area contributed by atoms with E-state index >= 15 is 0 Å². The Kier molecular flexibility index (Phi) is 16.3. The van der Waals surface area contributed by atoms with Crippen LogP contribution in [0.5, 0.6) is 0 Å². The fourth-order valence-electron chi connectivity index (χ4n) is 6.33. The van der Waals surface area contributed by atoms with Gasteiger partial charge in [-0.1, -0.05) is 81.7 Å². The first-order chi connectivity index (χ1) is 22.6. The highest BCUT2D eigenvalue weighted by Crippen LogP contribution is 2.28. The molecule has 0 spiro atoms. The lowest BCUT2D eigenvalue weighted by Gasteiger charge is -2.31. The number of alkyl carbamates (subject to hydrolysis) is 1. The summed E-state index contributed by atoms with van der Waals surface area (Å²) >= 11 is 0. The van der Waals surface area contributed by atoms with Crippen LogP contribution in [0, 0.1) is 5.92 Å². The van der Waals surface area contributed by atoms with Crippen LogP contribution in [-0.4, -0.2) is 71.7 Å². The van der Waals surface area contributed by atoms with E-state index in [1.807, 2.05) is 30.3 Å². The van der Waals surface area contributed by atoms with E-state index in [1.54, 1.807) is 0 Å². The molecule has 0 aliphatic heterocycles. The molecule has 2 fully saturated rings. The first-order valence-corrected chi connectivity index (χ1v) is 17.2. The van der Waals surface area contributed by atoms with Crippen LogP contribution in [0.1, 0.15) is 102 Å². The smallest absolute Gasteiger partial charge is 0.408 e. The van der Waals surface area contributed by atoms with Gasteiger partial charge in [-0.3, -0.25) is 19.4 Å². The molecular weight excluding hydrogens is 602 g/mol. The van der Waals surface area contributed by atoms with Crippen LogP contribution < -0.4 is 32.7 Å². The topological polar surface area (TPSA) is 210 Å². The maximum atomic E-state index is 13.4. The SMILES string of the molecule is C[C@H](NC(=O)[C@H](CCCN=C(N)N)NC(=O)OCc1ccccc1)C(=O)N[C@@H](CC1CCCCC1)[C@@H](O)CC(=O)NC1CCCCC1. The second-order valence-corrected chi connectivity index (χ2v) is 13.0. The third-order valence-corrected chi connectivity index (χ3v) is 8.99. The molecule has 1 aromatic carbocycles. The largest absolute Gasteiger partial charge is 0.445 e. The van der Waals surface area contributed by atoms with E-state index in [-0.39, 0.29) is 43.9 Å². The number of amides is 4. The zero-order valence-electron chi connectivity index (χ0n) is 27.8. The third-order valence-electron chi connectivity index (χ3n) is 8.99. The van der Waals surface area contributed by atoms with Gasteiger partial charge in [0.1, 0.15) is 18.7 Å². The van der Waals surface area contributed by atoms with Crippen LogP contribution in [0.4, 0.5) is 4.79 Å². The summed E-state index contributed by atoms with van der Waals surface area (Å²) in [5, 5.41) is 22.4. The molecular formula is C34H55N7O6. The van der Waals surface area contributed by atoms with E-state index < -0.39 is 42.1 Å². The fraction of sp³-hybridized carbons (Fsp3) is 0.676. The molecule has 3 rings (SSSR count). The first kappa shape index (κ1) is 37.6. The van der Waals surface area contributed by atoms with Crippen molar-refractivity contribution >= 4 is 29.8 Å². The van der Waals surface area contributed by atoms with E-state index in [0.29, 0.717) is 18.8 Å². The Bertz CT molecular complexity index is 1150. The maximum absolute atomic E-state index is 13.4. The van der Waals surface area contributed by atoms with Crippen molar-refractivity contribution < 1.29 is 29.0 Å². The highest BCUT2D eigenvalue weighted by atomic mass is 16.5. The third kappa shape index (κ3) is 14.6. The van der Waals surface area contributed by atoms with Gasteiger partial charge in [0.15, 0.2) is 5.96 Å². The van der Waals surface area contributed by atoms with Gasteiger partial charge < -0.3 is 42.6 Å². The Hall–Kier alpha value is -3.87. The number of rotatable bonds is 17. The molecule has 0 bridgehead atoms. The quantitative estimate of drug-likeness (QED) is 0.0750. The Morgan fingerprint density at radius 1 is 0.915 bits per heavy atom. The minimum atomic E-state index is -1.07. The second kappa shape index (κ2) is 20.4. The summed E-state index contributed by atoms with van der Waals surface area (Å²) in [6.45, 7) is 1.81. The van der Waals surface area contributed by atoms with Gasteiger partial charge in [-0.25, -0.2) is 4.79 Å². The summed E-state index contributed by atoms with van der Waals surface area (Å²) in [5.74, 6) is -1.04. The molecule has 13 nitrogen and oxygen atoms in total. The highest BCUT2D eigenvalue weighted by molar-refractivity contribution is 5.91. The zero-order chi connectivity index (χ0) is 34.0. The molecule has 2 saturated carbocycles. The van der Waals surface area contributed by atoms with Crippen molar-refractivity contribution in [3.8, 4) is 0 Å². The van der Waals surface area contributed by atoms with Crippen LogP contribution in [0.25, 0.3) is 0 Å². The summed E-state index contributed by atoms with van der Waals surface area (Å²) in [6, 6.07) is 6.61. The van der Waals surface area contributed by atoms with E-state index in [0.717, 1.165) is 56.9 Å². The number of nitrogens with two attached hydrogens (primary N) is 2. The second-order valence-electron chi connectivity index (χ2n) is 13.0. The fourth-order valence-corrected chi connectivity index (χ4v) is 6.33. The van der Waals surface area contributed by atoms with Gasteiger partial charge >= 0.3 is 6.09 Å². The molecule has 4 amide bonds. The van der Waals surface area contributed by atoms with Crippen molar-refractivity contribution in [3.63, 3.8) is 0 Å². The van der Waals surface area contributed by atoms with E-state index in [9.17, 15) is 24.3 Å². The number of nitrogens with one attached hydrogen (secondary N) is 4. The summed E-state index contributed by atoms with van der Waals surface area (Å²) in [4.78, 5) is 56.0. The molecule has 262 valence electrons. The predicted molar refractivity (Wildman–Crippen MR) is 180 cm³/mol. The molecule has 2 aliphatic carbocycles. The van der Waals surface area contributed by atoms with Crippen LogP contribution >= 0.6 is 0 Å². The molecule has 0 heterocycles. The Morgan fingerprint density at radius 2 is 1.57 bits per heavy atom. The molecule has 47 heavy (non-hydrogen) atoms. The summed E-state index contributed by atoms with van der Waals surface area (Å²) in [5.41, 5.74) is 11.6. The molecule has 0 radical (unpaired) electrons. The molecule has 2 aliphatic rings. The molecule has 4 atom stereocenters. The van der Waals surface area contributed by atoms with Crippen molar-refractivity contribution in [1.29, 1.82) is 0 Å². The average molecular weight is 658 g/mol. The van der Waals surface area contributed by atoms with Crippen molar-refractivity contribution in [1.82, 2.24) is 21.3 Å². The molecule has 9 N–H and O–H groups in total. The molecule has 13 heteroatoms. The van der Waals surface area contributed by atoms with Gasteiger partial charge in [-0.05, 0) is 50.5 Å². The van der Waals surface area contributed by atoms with Crippen LogP contribution in [0.3, 0.4) is 0 Å². The lowest BCUT2D eigenvalue weighted by atomic mass is 9.83. The lowest BCUT2D eigenvalue weighted by molar-refractivity contribution is -0.131.